The highest BCUT2D eigenvalue weighted by molar-refractivity contribution is 5.71. The van der Waals surface area contributed by atoms with Crippen LogP contribution >= 0.6 is 0 Å². The molecule has 0 fully saturated rings. The molecule has 0 aromatic rings. The van der Waals surface area contributed by atoms with E-state index >= 15 is 0 Å². The van der Waals surface area contributed by atoms with Crippen LogP contribution in [0.25, 0.3) is 0 Å². The molecule has 0 rings (SSSR count). The van der Waals surface area contributed by atoms with Gasteiger partial charge in [-0.2, -0.15) is 0 Å². The van der Waals surface area contributed by atoms with Crippen LogP contribution in [-0.2, 0) is 28.6 Å². The standard InChI is InChI=1S/C66H110O6/c1-4-7-10-13-16-19-22-24-25-26-27-28-29-30-31-32-33-34-35-36-37-38-39-40-41-43-44-47-50-53-56-59-65(68)71-62-63(61-70-64(67)58-55-52-49-46-21-18-15-12-9-6-3)72-66(69)60-57-54-51-48-45-42-23-20-17-14-11-8-5-2/h7-8,10-12,15-17,19-20,24-25,27-28,30-31,42,45,63H,4-6,9,13-14,18,21-23,26,29,32-41,43-44,46-62H2,1-3H3/b10-7-,11-8-,15-12-,19-16-,20-17-,25-24-,28-27-,31-30-,45-42-. The second kappa shape index (κ2) is 59.6. The van der Waals surface area contributed by atoms with Crippen LogP contribution in [0.4, 0.5) is 0 Å². The minimum absolute atomic E-state index is 0.0921. The fraction of sp³-hybridized carbons (Fsp3) is 0.682. The summed E-state index contributed by atoms with van der Waals surface area (Å²) in [6, 6.07) is 0. The molecule has 0 spiro atoms. The monoisotopic (exact) mass is 999 g/mol. The van der Waals surface area contributed by atoms with Gasteiger partial charge in [-0.25, -0.2) is 0 Å². The van der Waals surface area contributed by atoms with Crippen LogP contribution in [0.3, 0.4) is 0 Å². The summed E-state index contributed by atoms with van der Waals surface area (Å²) in [5.74, 6) is -0.932. The molecule has 0 aromatic heterocycles. The summed E-state index contributed by atoms with van der Waals surface area (Å²) in [5, 5.41) is 0. The molecule has 0 saturated carbocycles. The maximum atomic E-state index is 12.8. The average molecular weight is 1000 g/mol. The molecule has 0 saturated heterocycles. The molecule has 72 heavy (non-hydrogen) atoms. The van der Waals surface area contributed by atoms with Crippen molar-refractivity contribution in [3.8, 4) is 0 Å². The number of allylic oxidation sites excluding steroid dienone is 18. The van der Waals surface area contributed by atoms with Crippen LogP contribution in [0.5, 0.6) is 0 Å². The molecule has 6 nitrogen and oxygen atoms in total. The topological polar surface area (TPSA) is 78.9 Å². The first-order valence-electron chi connectivity index (χ1n) is 29.9. The van der Waals surface area contributed by atoms with E-state index in [2.05, 4.69) is 130 Å². The van der Waals surface area contributed by atoms with Gasteiger partial charge in [0, 0.05) is 19.3 Å². The van der Waals surface area contributed by atoms with Crippen molar-refractivity contribution in [1.82, 2.24) is 0 Å². The predicted molar refractivity (Wildman–Crippen MR) is 311 cm³/mol. The Balaban J connectivity index is 4.14. The van der Waals surface area contributed by atoms with Gasteiger partial charge >= 0.3 is 17.9 Å². The zero-order valence-corrected chi connectivity index (χ0v) is 46.9. The van der Waals surface area contributed by atoms with Crippen LogP contribution in [0.15, 0.2) is 109 Å². The quantitative estimate of drug-likeness (QED) is 0.0261. The first-order chi connectivity index (χ1) is 35.5. The van der Waals surface area contributed by atoms with Gasteiger partial charge in [0.05, 0.1) is 0 Å². The number of carbonyl (C=O) groups is 3. The van der Waals surface area contributed by atoms with Crippen LogP contribution in [0.2, 0.25) is 0 Å². The Hall–Kier alpha value is -3.93. The summed E-state index contributed by atoms with van der Waals surface area (Å²) in [5.41, 5.74) is 0. The van der Waals surface area contributed by atoms with Crippen molar-refractivity contribution in [3.63, 3.8) is 0 Å². The van der Waals surface area contributed by atoms with E-state index < -0.39 is 6.10 Å². The highest BCUT2D eigenvalue weighted by Gasteiger charge is 2.19. The molecule has 0 aliphatic rings. The SMILES string of the molecule is CC/C=C\C/C=C\C/C=C\C/C=C\C/C=C\CCCCCCCCCCCCCCCCCC(=O)OCC(COC(=O)CCCCCCC/C=C\CCC)OC(=O)CCCCC/C=C\C/C=C\C/C=C\CC. The molecule has 6 heteroatoms. The number of hydrogen-bond donors (Lipinski definition) is 0. The van der Waals surface area contributed by atoms with Crippen molar-refractivity contribution in [1.29, 1.82) is 0 Å². The first-order valence-corrected chi connectivity index (χ1v) is 29.9. The molecule has 410 valence electrons. The Morgan fingerprint density at radius 2 is 0.542 bits per heavy atom. The molecule has 0 amide bonds. The summed E-state index contributed by atoms with van der Waals surface area (Å²) in [6.07, 6.45) is 81.1. The molecular weight excluding hydrogens is 889 g/mol. The van der Waals surface area contributed by atoms with E-state index in [4.69, 9.17) is 14.2 Å². The maximum absolute atomic E-state index is 12.8. The van der Waals surface area contributed by atoms with Gasteiger partial charge in [0.1, 0.15) is 13.2 Å². The Labute approximate surface area is 444 Å². The van der Waals surface area contributed by atoms with Gasteiger partial charge < -0.3 is 14.2 Å². The third kappa shape index (κ3) is 57.0. The van der Waals surface area contributed by atoms with E-state index in [-0.39, 0.29) is 31.1 Å². The van der Waals surface area contributed by atoms with Gasteiger partial charge in [0.2, 0.25) is 0 Å². The molecule has 0 aromatic carbocycles. The highest BCUT2D eigenvalue weighted by Crippen LogP contribution is 2.16. The minimum Gasteiger partial charge on any atom is -0.462 e. The van der Waals surface area contributed by atoms with Gasteiger partial charge in [-0.3, -0.25) is 14.4 Å². The van der Waals surface area contributed by atoms with Gasteiger partial charge in [-0.15, -0.1) is 0 Å². The molecule has 0 aliphatic heterocycles. The highest BCUT2D eigenvalue weighted by atomic mass is 16.6. The van der Waals surface area contributed by atoms with Crippen molar-refractivity contribution in [2.75, 3.05) is 13.2 Å². The summed E-state index contributed by atoms with van der Waals surface area (Å²) < 4.78 is 16.8. The van der Waals surface area contributed by atoms with Crippen molar-refractivity contribution in [2.24, 2.45) is 0 Å². The molecule has 0 radical (unpaired) electrons. The fourth-order valence-corrected chi connectivity index (χ4v) is 8.07. The smallest absolute Gasteiger partial charge is 0.306 e. The number of rotatable bonds is 53. The average Bonchev–Trinajstić information content (AvgIpc) is 3.38. The number of carbonyl (C=O) groups excluding carboxylic acids is 3. The maximum Gasteiger partial charge on any atom is 0.306 e. The number of esters is 3. The van der Waals surface area contributed by atoms with Gasteiger partial charge in [0.15, 0.2) is 6.10 Å². The van der Waals surface area contributed by atoms with Crippen molar-refractivity contribution < 1.29 is 28.6 Å². The first kappa shape index (κ1) is 68.1. The molecule has 1 unspecified atom stereocenters. The summed E-state index contributed by atoms with van der Waals surface area (Å²) in [6.45, 7) is 6.32. The minimum atomic E-state index is -0.796. The molecule has 1 atom stereocenters. The molecule has 0 bridgehead atoms. The fourth-order valence-electron chi connectivity index (χ4n) is 8.07. The summed E-state index contributed by atoms with van der Waals surface area (Å²) in [7, 11) is 0. The van der Waals surface area contributed by atoms with Crippen LogP contribution < -0.4 is 0 Å². The second-order valence-corrected chi connectivity index (χ2v) is 19.5. The Kier molecular flexibility index (Phi) is 56.4. The zero-order chi connectivity index (χ0) is 52.2. The Morgan fingerprint density at radius 1 is 0.292 bits per heavy atom. The van der Waals surface area contributed by atoms with E-state index in [1.165, 1.54) is 96.3 Å². The second-order valence-electron chi connectivity index (χ2n) is 19.5. The molecule has 0 N–H and O–H groups in total. The summed E-state index contributed by atoms with van der Waals surface area (Å²) >= 11 is 0. The van der Waals surface area contributed by atoms with Crippen LogP contribution in [0, 0.1) is 0 Å². The Bertz CT molecular complexity index is 1470. The number of unbranched alkanes of at least 4 members (excludes halogenated alkanes) is 24. The van der Waals surface area contributed by atoms with E-state index in [1.807, 2.05) is 0 Å². The van der Waals surface area contributed by atoms with E-state index in [9.17, 15) is 14.4 Å². The molecular formula is C66H110O6. The lowest BCUT2D eigenvalue weighted by molar-refractivity contribution is -0.167. The number of ether oxygens (including phenoxy) is 3. The zero-order valence-electron chi connectivity index (χ0n) is 46.9. The van der Waals surface area contributed by atoms with E-state index in [0.29, 0.717) is 19.3 Å². The lowest BCUT2D eigenvalue weighted by atomic mass is 10.0. The van der Waals surface area contributed by atoms with Gasteiger partial charge in [0.25, 0.3) is 0 Å². The largest absolute Gasteiger partial charge is 0.462 e. The van der Waals surface area contributed by atoms with E-state index in [1.54, 1.807) is 0 Å². The lowest BCUT2D eigenvalue weighted by Gasteiger charge is -2.18. The van der Waals surface area contributed by atoms with Crippen molar-refractivity contribution in [3.05, 3.63) is 109 Å². The Morgan fingerprint density at radius 3 is 0.875 bits per heavy atom. The van der Waals surface area contributed by atoms with Gasteiger partial charge in [-0.05, 0) is 116 Å². The van der Waals surface area contributed by atoms with Crippen LogP contribution in [-0.4, -0.2) is 37.2 Å². The predicted octanol–water partition coefficient (Wildman–Crippen LogP) is 20.3. The van der Waals surface area contributed by atoms with Crippen molar-refractivity contribution >= 4 is 17.9 Å². The van der Waals surface area contributed by atoms with Gasteiger partial charge in [-0.1, -0.05) is 246 Å². The van der Waals surface area contributed by atoms with Crippen LogP contribution in [0.1, 0.15) is 271 Å². The number of hydrogen-bond acceptors (Lipinski definition) is 6. The lowest BCUT2D eigenvalue weighted by Crippen LogP contribution is -2.30. The normalized spacial score (nSPS) is 12.9. The third-order valence-corrected chi connectivity index (χ3v) is 12.5. The molecule has 0 heterocycles. The van der Waals surface area contributed by atoms with Crippen molar-refractivity contribution in [2.45, 2.75) is 277 Å². The third-order valence-electron chi connectivity index (χ3n) is 12.5. The molecule has 0 aliphatic carbocycles. The van der Waals surface area contributed by atoms with E-state index in [0.717, 1.165) is 135 Å². The summed E-state index contributed by atoms with van der Waals surface area (Å²) in [4.78, 5) is 38.0.